The lowest BCUT2D eigenvalue weighted by Crippen LogP contribution is -2.34. The van der Waals surface area contributed by atoms with Crippen LogP contribution in [0.5, 0.6) is 0 Å². The summed E-state index contributed by atoms with van der Waals surface area (Å²) in [5.74, 6) is 0.123. The number of amides is 1. The summed E-state index contributed by atoms with van der Waals surface area (Å²) in [7, 11) is 1.83. The zero-order valence-corrected chi connectivity index (χ0v) is 10.0. The van der Waals surface area contributed by atoms with Crippen LogP contribution in [0, 0.1) is 0 Å². The lowest BCUT2D eigenvalue weighted by Gasteiger charge is -2.18. The standard InChI is InChI=1S/C10H15N3O2S/c1-12-3-2-4-13(6-9(12)15)10-11-5-8(7-14)16-10/h5,14H,2-4,6-7H2,1H3. The summed E-state index contributed by atoms with van der Waals surface area (Å²) in [4.78, 5) is 20.5. The number of carbonyl (C=O) groups is 1. The Balaban J connectivity index is 2.11. The first-order valence-corrected chi connectivity index (χ1v) is 6.07. The quantitative estimate of drug-likeness (QED) is 0.809. The van der Waals surface area contributed by atoms with Crippen molar-refractivity contribution in [3.63, 3.8) is 0 Å². The van der Waals surface area contributed by atoms with E-state index in [9.17, 15) is 4.79 Å². The van der Waals surface area contributed by atoms with Gasteiger partial charge in [0.1, 0.15) is 0 Å². The molecule has 0 radical (unpaired) electrons. The normalized spacial score (nSPS) is 17.8. The number of likely N-dealkylation sites (N-methyl/N-ethyl adjacent to an activating group) is 1. The number of rotatable bonds is 2. The number of nitrogens with zero attached hydrogens (tertiary/aromatic N) is 3. The van der Waals surface area contributed by atoms with Crippen molar-refractivity contribution in [2.45, 2.75) is 13.0 Å². The fourth-order valence-electron chi connectivity index (χ4n) is 1.67. The largest absolute Gasteiger partial charge is 0.391 e. The van der Waals surface area contributed by atoms with Crippen molar-refractivity contribution < 1.29 is 9.90 Å². The average molecular weight is 241 g/mol. The molecule has 16 heavy (non-hydrogen) atoms. The maximum atomic E-state index is 11.7. The number of anilines is 1. The first-order chi connectivity index (χ1) is 7.70. The Bertz CT molecular complexity index is 380. The molecule has 2 rings (SSSR count). The third-order valence-corrected chi connectivity index (χ3v) is 3.68. The van der Waals surface area contributed by atoms with Gasteiger partial charge in [0.05, 0.1) is 18.0 Å². The Morgan fingerprint density at radius 2 is 2.38 bits per heavy atom. The molecule has 1 fully saturated rings. The third kappa shape index (κ3) is 2.33. The van der Waals surface area contributed by atoms with Crippen molar-refractivity contribution in [2.24, 2.45) is 0 Å². The van der Waals surface area contributed by atoms with Gasteiger partial charge in [-0.2, -0.15) is 0 Å². The monoisotopic (exact) mass is 241 g/mol. The highest BCUT2D eigenvalue weighted by Gasteiger charge is 2.20. The van der Waals surface area contributed by atoms with Crippen LogP contribution in [-0.4, -0.2) is 47.6 Å². The molecular weight excluding hydrogens is 226 g/mol. The molecule has 0 spiro atoms. The van der Waals surface area contributed by atoms with Crippen LogP contribution < -0.4 is 4.90 Å². The van der Waals surface area contributed by atoms with Gasteiger partial charge in [0.25, 0.3) is 0 Å². The van der Waals surface area contributed by atoms with E-state index in [1.54, 1.807) is 11.1 Å². The van der Waals surface area contributed by atoms with E-state index in [2.05, 4.69) is 4.98 Å². The molecular formula is C10H15N3O2S. The van der Waals surface area contributed by atoms with Gasteiger partial charge in [0.2, 0.25) is 5.91 Å². The van der Waals surface area contributed by atoms with Crippen LogP contribution in [0.2, 0.25) is 0 Å². The summed E-state index contributed by atoms with van der Waals surface area (Å²) < 4.78 is 0. The van der Waals surface area contributed by atoms with Crippen LogP contribution in [0.25, 0.3) is 0 Å². The van der Waals surface area contributed by atoms with E-state index in [0.717, 1.165) is 29.5 Å². The summed E-state index contributed by atoms with van der Waals surface area (Å²) in [6.45, 7) is 2.04. The highest BCUT2D eigenvalue weighted by atomic mass is 32.1. The molecule has 1 amide bonds. The van der Waals surface area contributed by atoms with Gasteiger partial charge in [0, 0.05) is 26.3 Å². The summed E-state index contributed by atoms with van der Waals surface area (Å²) in [5, 5.41) is 9.80. The van der Waals surface area contributed by atoms with Crippen LogP contribution in [0.1, 0.15) is 11.3 Å². The van der Waals surface area contributed by atoms with Gasteiger partial charge in [-0.05, 0) is 6.42 Å². The molecule has 6 heteroatoms. The van der Waals surface area contributed by atoms with Crippen molar-refractivity contribution in [3.8, 4) is 0 Å². The molecule has 5 nitrogen and oxygen atoms in total. The zero-order chi connectivity index (χ0) is 11.5. The van der Waals surface area contributed by atoms with Gasteiger partial charge in [-0.25, -0.2) is 4.98 Å². The second-order valence-corrected chi connectivity index (χ2v) is 4.95. The molecule has 1 aromatic heterocycles. The highest BCUT2D eigenvalue weighted by molar-refractivity contribution is 7.15. The van der Waals surface area contributed by atoms with E-state index in [1.807, 2.05) is 11.9 Å². The van der Waals surface area contributed by atoms with Gasteiger partial charge in [-0.15, -0.1) is 0 Å². The van der Waals surface area contributed by atoms with E-state index in [1.165, 1.54) is 11.3 Å². The molecule has 1 aliphatic rings. The summed E-state index contributed by atoms with van der Waals surface area (Å²) >= 11 is 1.45. The number of carbonyl (C=O) groups excluding carboxylic acids is 1. The van der Waals surface area contributed by atoms with E-state index >= 15 is 0 Å². The van der Waals surface area contributed by atoms with Gasteiger partial charge >= 0.3 is 0 Å². The fourth-order valence-corrected chi connectivity index (χ4v) is 2.46. The van der Waals surface area contributed by atoms with Crippen LogP contribution in [-0.2, 0) is 11.4 Å². The maximum Gasteiger partial charge on any atom is 0.241 e. The minimum Gasteiger partial charge on any atom is -0.391 e. The average Bonchev–Trinajstić information content (AvgIpc) is 2.69. The van der Waals surface area contributed by atoms with E-state index in [-0.39, 0.29) is 12.5 Å². The van der Waals surface area contributed by atoms with Crippen molar-refractivity contribution >= 4 is 22.4 Å². The van der Waals surface area contributed by atoms with Crippen molar-refractivity contribution in [3.05, 3.63) is 11.1 Å². The Kier molecular flexibility index (Phi) is 3.40. The number of aromatic nitrogens is 1. The van der Waals surface area contributed by atoms with Gasteiger partial charge in [-0.1, -0.05) is 11.3 Å². The molecule has 1 aromatic rings. The number of aliphatic hydroxyl groups excluding tert-OH is 1. The smallest absolute Gasteiger partial charge is 0.241 e. The summed E-state index contributed by atoms with van der Waals surface area (Å²) in [5.41, 5.74) is 0. The first kappa shape index (κ1) is 11.3. The van der Waals surface area contributed by atoms with Crippen molar-refractivity contribution in [1.82, 2.24) is 9.88 Å². The number of hydrogen-bond acceptors (Lipinski definition) is 5. The van der Waals surface area contributed by atoms with Crippen LogP contribution >= 0.6 is 11.3 Å². The molecule has 1 saturated heterocycles. The van der Waals surface area contributed by atoms with E-state index < -0.39 is 0 Å². The lowest BCUT2D eigenvalue weighted by atomic mass is 10.4. The summed E-state index contributed by atoms with van der Waals surface area (Å²) in [6, 6.07) is 0. The molecule has 0 aromatic carbocycles. The predicted molar refractivity (Wildman–Crippen MR) is 62.5 cm³/mol. The topological polar surface area (TPSA) is 56.7 Å². The highest BCUT2D eigenvalue weighted by Crippen LogP contribution is 2.23. The Morgan fingerprint density at radius 1 is 1.56 bits per heavy atom. The number of hydrogen-bond donors (Lipinski definition) is 1. The Morgan fingerprint density at radius 3 is 3.06 bits per heavy atom. The van der Waals surface area contributed by atoms with Crippen LogP contribution in [0.3, 0.4) is 0 Å². The lowest BCUT2D eigenvalue weighted by molar-refractivity contribution is -0.127. The minimum atomic E-state index is 0.0132. The molecule has 1 aliphatic heterocycles. The van der Waals surface area contributed by atoms with E-state index in [0.29, 0.717) is 6.54 Å². The van der Waals surface area contributed by atoms with Crippen molar-refractivity contribution in [2.75, 3.05) is 31.6 Å². The molecule has 2 heterocycles. The molecule has 88 valence electrons. The second-order valence-electron chi connectivity index (χ2n) is 3.86. The number of thiazole rings is 1. The van der Waals surface area contributed by atoms with Crippen LogP contribution in [0.4, 0.5) is 5.13 Å². The molecule has 0 aliphatic carbocycles. The van der Waals surface area contributed by atoms with E-state index in [4.69, 9.17) is 5.11 Å². The summed E-state index contributed by atoms with van der Waals surface area (Å²) in [6.07, 6.45) is 2.62. The first-order valence-electron chi connectivity index (χ1n) is 5.25. The molecule has 0 bridgehead atoms. The molecule has 1 N–H and O–H groups in total. The van der Waals surface area contributed by atoms with Gasteiger partial charge in [-0.3, -0.25) is 4.79 Å². The fraction of sp³-hybridized carbons (Fsp3) is 0.600. The Labute approximate surface area is 98.3 Å². The molecule has 0 saturated carbocycles. The SMILES string of the molecule is CN1CCCN(c2ncc(CO)s2)CC1=O. The van der Waals surface area contributed by atoms with Gasteiger partial charge in [0.15, 0.2) is 5.13 Å². The molecule has 0 unspecified atom stereocenters. The minimum absolute atomic E-state index is 0.0132. The van der Waals surface area contributed by atoms with Gasteiger partial charge < -0.3 is 14.9 Å². The molecule has 0 atom stereocenters. The maximum absolute atomic E-state index is 11.7. The van der Waals surface area contributed by atoms with Crippen LogP contribution in [0.15, 0.2) is 6.20 Å². The number of aliphatic hydroxyl groups is 1. The second kappa shape index (κ2) is 4.80. The van der Waals surface area contributed by atoms with Crippen molar-refractivity contribution in [1.29, 1.82) is 0 Å². The zero-order valence-electron chi connectivity index (χ0n) is 9.22. The Hall–Kier alpha value is -1.14. The predicted octanol–water partition coefficient (Wildman–Crippen LogP) is 0.304. The third-order valence-electron chi connectivity index (χ3n) is 2.64.